The van der Waals surface area contributed by atoms with E-state index in [2.05, 4.69) is 15.4 Å². The number of benzene rings is 2. The van der Waals surface area contributed by atoms with Gasteiger partial charge in [0.25, 0.3) is 5.91 Å². The molecule has 2 aromatic carbocycles. The normalized spacial score (nSPS) is 9.80. The lowest BCUT2D eigenvalue weighted by Gasteiger charge is -2.09. The van der Waals surface area contributed by atoms with Crippen LogP contribution in [-0.2, 0) is 14.3 Å². The highest BCUT2D eigenvalue weighted by Gasteiger charge is 2.17. The molecule has 0 heterocycles. The maximum Gasteiger partial charge on any atom is 0.337 e. The molecule has 0 radical (unpaired) electrons. The molecule has 0 saturated carbocycles. The fraction of sp³-hybridized carbons (Fsp3) is 0.0588. The zero-order valence-corrected chi connectivity index (χ0v) is 13.2. The minimum absolute atomic E-state index is 0.0890. The van der Waals surface area contributed by atoms with Gasteiger partial charge < -0.3 is 21.1 Å². The second-order valence-electron chi connectivity index (χ2n) is 4.89. The van der Waals surface area contributed by atoms with Crippen LogP contribution in [0.5, 0.6) is 0 Å². The van der Waals surface area contributed by atoms with E-state index in [0.717, 1.165) is 0 Å². The van der Waals surface area contributed by atoms with Gasteiger partial charge in [0, 0.05) is 5.69 Å². The third kappa shape index (κ3) is 4.41. The van der Waals surface area contributed by atoms with Crippen LogP contribution in [0.25, 0.3) is 0 Å². The fourth-order valence-electron chi connectivity index (χ4n) is 1.98. The Morgan fingerprint density at radius 1 is 0.880 bits per heavy atom. The van der Waals surface area contributed by atoms with Crippen molar-refractivity contribution >= 4 is 35.1 Å². The van der Waals surface area contributed by atoms with E-state index in [4.69, 9.17) is 5.73 Å². The molecule has 0 aromatic heterocycles. The van der Waals surface area contributed by atoms with Crippen molar-refractivity contribution < 1.29 is 23.9 Å². The molecule has 0 atom stereocenters. The number of anilines is 2. The fourth-order valence-corrected chi connectivity index (χ4v) is 1.98. The van der Waals surface area contributed by atoms with E-state index in [1.54, 1.807) is 12.1 Å². The maximum atomic E-state index is 12.0. The monoisotopic (exact) mass is 341 g/mol. The van der Waals surface area contributed by atoms with E-state index in [9.17, 15) is 19.2 Å². The molecule has 8 nitrogen and oxygen atoms in total. The number of para-hydroxylation sites is 1. The molecule has 0 spiro atoms. The Morgan fingerprint density at radius 2 is 1.48 bits per heavy atom. The summed E-state index contributed by atoms with van der Waals surface area (Å²) in [5, 5.41) is 4.70. The van der Waals surface area contributed by atoms with Gasteiger partial charge in [-0.25, -0.2) is 4.79 Å². The van der Waals surface area contributed by atoms with Crippen LogP contribution >= 0.6 is 0 Å². The average molecular weight is 341 g/mol. The predicted molar refractivity (Wildman–Crippen MR) is 90.0 cm³/mol. The van der Waals surface area contributed by atoms with Crippen molar-refractivity contribution in [3.05, 3.63) is 59.7 Å². The van der Waals surface area contributed by atoms with Crippen molar-refractivity contribution in [1.29, 1.82) is 0 Å². The van der Waals surface area contributed by atoms with Crippen LogP contribution in [0.2, 0.25) is 0 Å². The molecule has 0 bridgehead atoms. The summed E-state index contributed by atoms with van der Waals surface area (Å²) in [7, 11) is 1.26. The second-order valence-corrected chi connectivity index (χ2v) is 4.89. The number of carbonyl (C=O) groups excluding carboxylic acids is 4. The molecule has 25 heavy (non-hydrogen) atoms. The molecule has 0 aliphatic carbocycles. The third-order valence-electron chi connectivity index (χ3n) is 3.21. The van der Waals surface area contributed by atoms with Crippen LogP contribution in [0.15, 0.2) is 48.5 Å². The molecule has 2 aromatic rings. The van der Waals surface area contributed by atoms with Gasteiger partial charge in [-0.3, -0.25) is 14.4 Å². The van der Waals surface area contributed by atoms with Crippen molar-refractivity contribution in [2.24, 2.45) is 5.73 Å². The zero-order chi connectivity index (χ0) is 18.4. The first-order chi connectivity index (χ1) is 11.9. The number of methoxy groups -OCH3 is 1. The van der Waals surface area contributed by atoms with Crippen molar-refractivity contribution in [2.75, 3.05) is 17.7 Å². The summed E-state index contributed by atoms with van der Waals surface area (Å²) in [4.78, 5) is 46.5. The predicted octanol–water partition coefficient (Wildman–Crippen LogP) is 1.15. The summed E-state index contributed by atoms with van der Waals surface area (Å²) in [6.07, 6.45) is 0. The van der Waals surface area contributed by atoms with Crippen LogP contribution in [0, 0.1) is 0 Å². The van der Waals surface area contributed by atoms with Crippen molar-refractivity contribution in [3.8, 4) is 0 Å². The van der Waals surface area contributed by atoms with Gasteiger partial charge in [-0.2, -0.15) is 0 Å². The summed E-state index contributed by atoms with van der Waals surface area (Å²) in [6, 6.07) is 11.9. The molecule has 3 amide bonds. The number of primary amides is 1. The molecular formula is C17H15N3O5. The number of ether oxygens (including phenoxy) is 1. The van der Waals surface area contributed by atoms with E-state index < -0.39 is 23.7 Å². The Bertz CT molecular complexity index is 830. The number of hydrogen-bond acceptors (Lipinski definition) is 5. The molecule has 0 unspecified atom stereocenters. The van der Waals surface area contributed by atoms with Crippen LogP contribution in [-0.4, -0.2) is 30.8 Å². The Balaban J connectivity index is 2.05. The van der Waals surface area contributed by atoms with Crippen LogP contribution in [0.3, 0.4) is 0 Å². The molecule has 0 aliphatic rings. The van der Waals surface area contributed by atoms with E-state index in [1.807, 2.05) is 0 Å². The third-order valence-corrected chi connectivity index (χ3v) is 3.21. The van der Waals surface area contributed by atoms with Crippen molar-refractivity contribution in [1.82, 2.24) is 0 Å². The minimum Gasteiger partial charge on any atom is -0.465 e. The molecule has 8 heteroatoms. The standard InChI is InChI=1S/C17H15N3O5/c1-25-17(24)10-6-8-11(9-7-10)19-15(22)16(23)20-13-5-3-2-4-12(13)14(18)21/h2-9H,1H3,(H2,18,21)(H,19,22)(H,20,23). The largest absolute Gasteiger partial charge is 0.465 e. The average Bonchev–Trinajstić information content (AvgIpc) is 2.61. The highest BCUT2D eigenvalue weighted by Crippen LogP contribution is 2.15. The quantitative estimate of drug-likeness (QED) is 0.568. The van der Waals surface area contributed by atoms with E-state index in [0.29, 0.717) is 11.3 Å². The van der Waals surface area contributed by atoms with Gasteiger partial charge in [0.05, 0.1) is 23.9 Å². The van der Waals surface area contributed by atoms with Crippen molar-refractivity contribution in [3.63, 3.8) is 0 Å². The minimum atomic E-state index is -0.967. The highest BCUT2D eigenvalue weighted by atomic mass is 16.5. The first kappa shape index (κ1) is 17.7. The summed E-state index contributed by atoms with van der Waals surface area (Å²) in [5.41, 5.74) is 6.06. The molecule has 0 saturated heterocycles. The number of nitrogens with two attached hydrogens (primary N) is 1. The van der Waals surface area contributed by atoms with E-state index in [1.165, 1.54) is 43.5 Å². The Labute approximate surface area is 143 Å². The lowest BCUT2D eigenvalue weighted by Crippen LogP contribution is -2.30. The van der Waals surface area contributed by atoms with E-state index >= 15 is 0 Å². The lowest BCUT2D eigenvalue weighted by atomic mass is 10.1. The van der Waals surface area contributed by atoms with Gasteiger partial charge in [0.1, 0.15) is 0 Å². The SMILES string of the molecule is COC(=O)c1ccc(NC(=O)C(=O)Nc2ccccc2C(N)=O)cc1. The topological polar surface area (TPSA) is 128 Å². The summed E-state index contributed by atoms with van der Waals surface area (Å²) in [5.74, 6) is -3.15. The molecule has 0 aliphatic heterocycles. The number of nitrogens with one attached hydrogen (secondary N) is 2. The Hall–Kier alpha value is -3.68. The number of amides is 3. The Morgan fingerprint density at radius 3 is 2.08 bits per heavy atom. The second kappa shape index (κ2) is 7.73. The number of carbonyl (C=O) groups is 4. The molecule has 4 N–H and O–H groups in total. The van der Waals surface area contributed by atoms with E-state index in [-0.39, 0.29) is 11.3 Å². The van der Waals surface area contributed by atoms with Gasteiger partial charge in [-0.15, -0.1) is 0 Å². The van der Waals surface area contributed by atoms with Gasteiger partial charge in [-0.1, -0.05) is 12.1 Å². The lowest BCUT2D eigenvalue weighted by molar-refractivity contribution is -0.133. The number of hydrogen-bond donors (Lipinski definition) is 3. The van der Waals surface area contributed by atoms with Gasteiger partial charge in [0.15, 0.2) is 0 Å². The summed E-state index contributed by atoms with van der Waals surface area (Å²) >= 11 is 0. The van der Waals surface area contributed by atoms with Crippen molar-refractivity contribution in [2.45, 2.75) is 0 Å². The number of rotatable bonds is 4. The molecular weight excluding hydrogens is 326 g/mol. The summed E-state index contributed by atoms with van der Waals surface area (Å²) < 4.78 is 4.56. The van der Waals surface area contributed by atoms with Crippen LogP contribution in [0.4, 0.5) is 11.4 Å². The van der Waals surface area contributed by atoms with Gasteiger partial charge >= 0.3 is 17.8 Å². The maximum absolute atomic E-state index is 12.0. The van der Waals surface area contributed by atoms with Crippen LogP contribution < -0.4 is 16.4 Å². The molecule has 128 valence electrons. The molecule has 0 fully saturated rings. The van der Waals surface area contributed by atoms with Gasteiger partial charge in [0.2, 0.25) is 0 Å². The highest BCUT2D eigenvalue weighted by molar-refractivity contribution is 6.44. The first-order valence-corrected chi connectivity index (χ1v) is 7.12. The Kier molecular flexibility index (Phi) is 5.47. The smallest absolute Gasteiger partial charge is 0.337 e. The number of esters is 1. The van der Waals surface area contributed by atoms with Crippen LogP contribution in [0.1, 0.15) is 20.7 Å². The first-order valence-electron chi connectivity index (χ1n) is 7.12. The molecule has 2 rings (SSSR count). The summed E-state index contributed by atoms with van der Waals surface area (Å²) in [6.45, 7) is 0. The van der Waals surface area contributed by atoms with Gasteiger partial charge in [-0.05, 0) is 36.4 Å². The zero-order valence-electron chi connectivity index (χ0n) is 13.2.